The van der Waals surface area contributed by atoms with Gasteiger partial charge in [-0.3, -0.25) is 0 Å². The van der Waals surface area contributed by atoms with Crippen molar-refractivity contribution in [2.45, 2.75) is 51.9 Å². The van der Waals surface area contributed by atoms with E-state index in [-0.39, 0.29) is 5.92 Å². The van der Waals surface area contributed by atoms with E-state index in [9.17, 15) is 5.11 Å². The third-order valence-corrected chi connectivity index (χ3v) is 4.85. The summed E-state index contributed by atoms with van der Waals surface area (Å²) in [4.78, 5) is 0. The lowest BCUT2D eigenvalue weighted by molar-refractivity contribution is -0.0509. The molecule has 0 aliphatic carbocycles. The number of aromatic nitrogens is 3. The largest absolute Gasteiger partial charge is 0.466 e. The molecule has 2 aromatic carbocycles. The first-order chi connectivity index (χ1) is 12.7. The van der Waals surface area contributed by atoms with E-state index in [0.29, 0.717) is 5.75 Å². The average molecular weight is 353 g/mol. The van der Waals surface area contributed by atoms with Crippen LogP contribution in [-0.4, -0.2) is 26.2 Å². The fraction of sp³-hybridized carbons (Fsp3) is 0.429. The third-order valence-electron chi connectivity index (χ3n) is 4.85. The first-order valence-corrected chi connectivity index (χ1v) is 9.44. The lowest BCUT2D eigenvalue weighted by Crippen LogP contribution is -2.35. The van der Waals surface area contributed by atoms with Crippen molar-refractivity contribution < 1.29 is 9.84 Å². The molecule has 0 bridgehead atoms. The zero-order valence-corrected chi connectivity index (χ0v) is 15.5. The summed E-state index contributed by atoms with van der Waals surface area (Å²) in [6.45, 7) is 4.28. The highest BCUT2D eigenvalue weighted by atomic mass is 16.5. The number of benzene rings is 2. The molecule has 138 valence electrons. The number of hydrogen-bond donors (Lipinski definition) is 1. The summed E-state index contributed by atoms with van der Waals surface area (Å²) in [5.74, 6) is 0.855. The van der Waals surface area contributed by atoms with E-state index in [4.69, 9.17) is 4.74 Å². The quantitative estimate of drug-likeness (QED) is 0.611. The van der Waals surface area contributed by atoms with Crippen molar-refractivity contribution in [2.75, 3.05) is 0 Å². The highest BCUT2D eigenvalue weighted by molar-refractivity contribution is 5.73. The SMILES string of the molecule is CCCCC(CC)C(O)C(Oc1ccccc1)n1nnc2ccccc21. The first-order valence-electron chi connectivity index (χ1n) is 9.44. The number of rotatable bonds is 9. The average Bonchev–Trinajstić information content (AvgIpc) is 3.11. The van der Waals surface area contributed by atoms with E-state index in [1.54, 1.807) is 4.68 Å². The molecule has 0 radical (unpaired) electrons. The number of aliphatic hydroxyl groups is 1. The van der Waals surface area contributed by atoms with Crippen LogP contribution in [0.3, 0.4) is 0 Å². The molecule has 26 heavy (non-hydrogen) atoms. The van der Waals surface area contributed by atoms with Crippen LogP contribution in [0.15, 0.2) is 54.6 Å². The lowest BCUT2D eigenvalue weighted by atomic mass is 9.92. The molecule has 0 spiro atoms. The van der Waals surface area contributed by atoms with E-state index >= 15 is 0 Å². The van der Waals surface area contributed by atoms with Crippen LogP contribution in [-0.2, 0) is 0 Å². The van der Waals surface area contributed by atoms with Gasteiger partial charge in [-0.25, -0.2) is 4.68 Å². The van der Waals surface area contributed by atoms with Crippen molar-refractivity contribution in [2.24, 2.45) is 5.92 Å². The Morgan fingerprint density at radius 3 is 2.50 bits per heavy atom. The van der Waals surface area contributed by atoms with Gasteiger partial charge in [0.25, 0.3) is 0 Å². The molecule has 0 aliphatic heterocycles. The van der Waals surface area contributed by atoms with Crippen molar-refractivity contribution in [3.8, 4) is 5.75 Å². The molecule has 0 saturated carbocycles. The standard InChI is InChI=1S/C21H27N3O2/c1-3-5-11-16(4-2)20(25)21(26-17-12-7-6-8-13-17)24-19-15-10-9-14-18(19)22-23-24/h6-10,12-16,20-21,25H,3-5,11H2,1-2H3. The summed E-state index contributed by atoms with van der Waals surface area (Å²) in [5.41, 5.74) is 1.65. The Bertz CT molecular complexity index is 803. The van der Waals surface area contributed by atoms with Crippen LogP contribution in [0.25, 0.3) is 11.0 Å². The molecule has 5 heteroatoms. The van der Waals surface area contributed by atoms with E-state index in [2.05, 4.69) is 24.2 Å². The minimum absolute atomic E-state index is 0.145. The van der Waals surface area contributed by atoms with Crippen molar-refractivity contribution in [1.82, 2.24) is 15.0 Å². The van der Waals surface area contributed by atoms with Crippen LogP contribution >= 0.6 is 0 Å². The molecule has 1 N–H and O–H groups in total. The summed E-state index contributed by atoms with van der Waals surface area (Å²) in [6, 6.07) is 17.3. The Morgan fingerprint density at radius 1 is 1.04 bits per heavy atom. The molecule has 3 unspecified atom stereocenters. The Balaban J connectivity index is 1.95. The lowest BCUT2D eigenvalue weighted by Gasteiger charge is -2.30. The summed E-state index contributed by atoms with van der Waals surface area (Å²) >= 11 is 0. The van der Waals surface area contributed by atoms with Gasteiger partial charge < -0.3 is 9.84 Å². The normalized spacial score (nSPS) is 14.9. The number of ether oxygens (including phenoxy) is 1. The molecular weight excluding hydrogens is 326 g/mol. The van der Waals surface area contributed by atoms with Crippen LogP contribution in [0.2, 0.25) is 0 Å². The number of fused-ring (bicyclic) bond motifs is 1. The predicted octanol–water partition coefficient (Wildman–Crippen LogP) is 4.59. The smallest absolute Gasteiger partial charge is 0.219 e. The van der Waals surface area contributed by atoms with Crippen LogP contribution < -0.4 is 4.74 Å². The van der Waals surface area contributed by atoms with E-state index < -0.39 is 12.3 Å². The molecule has 0 aliphatic rings. The van der Waals surface area contributed by atoms with Gasteiger partial charge in [-0.2, -0.15) is 0 Å². The van der Waals surface area contributed by atoms with Crippen LogP contribution in [0.4, 0.5) is 0 Å². The highest BCUT2D eigenvalue weighted by Gasteiger charge is 2.31. The first kappa shape index (κ1) is 18.4. The van der Waals surface area contributed by atoms with Gasteiger partial charge in [0.1, 0.15) is 17.4 Å². The Morgan fingerprint density at radius 2 is 1.77 bits per heavy atom. The zero-order valence-electron chi connectivity index (χ0n) is 15.5. The second-order valence-electron chi connectivity index (χ2n) is 6.65. The van der Waals surface area contributed by atoms with E-state index in [0.717, 1.165) is 36.7 Å². The molecule has 1 aromatic heterocycles. The van der Waals surface area contributed by atoms with Crippen LogP contribution in [0, 0.1) is 5.92 Å². The maximum atomic E-state index is 11.2. The molecule has 3 aromatic rings. The van der Waals surface area contributed by atoms with Gasteiger partial charge in [0.05, 0.1) is 5.52 Å². The van der Waals surface area contributed by atoms with E-state index in [1.807, 2.05) is 54.6 Å². The molecule has 0 amide bonds. The maximum absolute atomic E-state index is 11.2. The summed E-state index contributed by atoms with van der Waals surface area (Å²) in [7, 11) is 0. The fourth-order valence-corrected chi connectivity index (χ4v) is 3.29. The number of hydrogen-bond acceptors (Lipinski definition) is 4. The van der Waals surface area contributed by atoms with Crippen LogP contribution in [0.1, 0.15) is 45.8 Å². The maximum Gasteiger partial charge on any atom is 0.219 e. The molecular formula is C21H27N3O2. The van der Waals surface area contributed by atoms with Gasteiger partial charge in [-0.1, -0.05) is 68.7 Å². The Hall–Kier alpha value is -2.40. The van der Waals surface area contributed by atoms with Gasteiger partial charge in [-0.05, 0) is 36.6 Å². The van der Waals surface area contributed by atoms with Crippen LogP contribution in [0.5, 0.6) is 5.75 Å². The zero-order chi connectivity index (χ0) is 18.4. The van der Waals surface area contributed by atoms with Gasteiger partial charge in [0.2, 0.25) is 6.23 Å². The topological polar surface area (TPSA) is 60.2 Å². The van der Waals surface area contributed by atoms with Gasteiger partial charge in [-0.15, -0.1) is 5.10 Å². The van der Waals surface area contributed by atoms with Crippen molar-refractivity contribution >= 4 is 11.0 Å². The summed E-state index contributed by atoms with van der Waals surface area (Å²) in [6.07, 6.45) is 2.77. The van der Waals surface area contributed by atoms with Crippen molar-refractivity contribution in [3.05, 3.63) is 54.6 Å². The van der Waals surface area contributed by atoms with Gasteiger partial charge >= 0.3 is 0 Å². The molecule has 0 saturated heterocycles. The minimum atomic E-state index is -0.670. The predicted molar refractivity (Wildman–Crippen MR) is 103 cm³/mol. The molecule has 3 atom stereocenters. The van der Waals surface area contributed by atoms with Gasteiger partial charge in [0, 0.05) is 0 Å². The molecule has 0 fully saturated rings. The second kappa shape index (κ2) is 8.81. The Labute approximate surface area is 154 Å². The number of unbranched alkanes of at least 4 members (excludes halogenated alkanes) is 1. The number of nitrogens with zero attached hydrogens (tertiary/aromatic N) is 3. The molecule has 3 rings (SSSR count). The molecule has 1 heterocycles. The van der Waals surface area contributed by atoms with Crippen molar-refractivity contribution in [3.63, 3.8) is 0 Å². The monoisotopic (exact) mass is 353 g/mol. The van der Waals surface area contributed by atoms with Gasteiger partial charge in [0.15, 0.2) is 0 Å². The summed E-state index contributed by atoms with van der Waals surface area (Å²) in [5, 5.41) is 19.7. The highest BCUT2D eigenvalue weighted by Crippen LogP contribution is 2.29. The fourth-order valence-electron chi connectivity index (χ4n) is 3.29. The second-order valence-corrected chi connectivity index (χ2v) is 6.65. The number of aliphatic hydroxyl groups excluding tert-OH is 1. The Kier molecular flexibility index (Phi) is 6.23. The molecule has 5 nitrogen and oxygen atoms in total. The van der Waals surface area contributed by atoms with Crippen molar-refractivity contribution in [1.29, 1.82) is 0 Å². The number of para-hydroxylation sites is 2. The van der Waals surface area contributed by atoms with E-state index in [1.165, 1.54) is 0 Å². The third kappa shape index (κ3) is 4.05. The minimum Gasteiger partial charge on any atom is -0.466 e. The summed E-state index contributed by atoms with van der Waals surface area (Å²) < 4.78 is 7.91.